The number of carbonyl (C=O) groups excluding carboxylic acids is 1. The Balaban J connectivity index is 1.31. The number of ether oxygens (including phenoxy) is 1. The standard InChI is InChI=1S/C22H27ClFN5O2/c1-14-20-18(13-28(26-20)19-7-2-3-12-31-19)25-22(30)29(14)15-8-10-27(11-9-15)21-16(23)5-4-6-17(21)24/h4-6,13-15,19H,2-3,7-12H2,1H3,(H,25,30). The van der Waals surface area contributed by atoms with E-state index in [2.05, 4.69) is 5.32 Å². The molecule has 1 aromatic heterocycles. The lowest BCUT2D eigenvalue weighted by molar-refractivity contribution is -0.0398. The Bertz CT molecular complexity index is 949. The molecule has 0 aliphatic carbocycles. The Kier molecular flexibility index (Phi) is 5.52. The fraction of sp³-hybridized carbons (Fsp3) is 0.545. The van der Waals surface area contributed by atoms with Gasteiger partial charge >= 0.3 is 6.03 Å². The molecule has 2 unspecified atom stereocenters. The average molecular weight is 448 g/mol. The van der Waals surface area contributed by atoms with Crippen LogP contribution in [0.25, 0.3) is 0 Å². The van der Waals surface area contributed by atoms with Gasteiger partial charge in [-0.15, -0.1) is 0 Å². The molecule has 31 heavy (non-hydrogen) atoms. The predicted octanol–water partition coefficient (Wildman–Crippen LogP) is 4.95. The van der Waals surface area contributed by atoms with Crippen LogP contribution in [0.1, 0.15) is 57.0 Å². The number of urea groups is 1. The summed E-state index contributed by atoms with van der Waals surface area (Å²) in [5.41, 5.74) is 2.08. The van der Waals surface area contributed by atoms with Crippen molar-refractivity contribution in [1.82, 2.24) is 14.7 Å². The third kappa shape index (κ3) is 3.76. The maximum atomic E-state index is 14.3. The minimum Gasteiger partial charge on any atom is -0.368 e. The summed E-state index contributed by atoms with van der Waals surface area (Å²) >= 11 is 6.24. The van der Waals surface area contributed by atoms with Gasteiger partial charge in [-0.2, -0.15) is 5.10 Å². The van der Waals surface area contributed by atoms with Gasteiger partial charge in [0.1, 0.15) is 17.7 Å². The van der Waals surface area contributed by atoms with Gasteiger partial charge < -0.3 is 19.9 Å². The number of aromatic nitrogens is 2. The SMILES string of the molecule is CC1c2nn(C3CCCCO3)cc2NC(=O)N1C1CCN(c2c(F)cccc2Cl)CC1. The van der Waals surface area contributed by atoms with Crippen LogP contribution in [0.2, 0.25) is 5.02 Å². The molecule has 166 valence electrons. The van der Waals surface area contributed by atoms with Crippen molar-refractivity contribution < 1.29 is 13.9 Å². The highest BCUT2D eigenvalue weighted by molar-refractivity contribution is 6.33. The zero-order valence-electron chi connectivity index (χ0n) is 17.6. The molecule has 2 fully saturated rings. The number of para-hydroxylation sites is 1. The molecule has 2 aromatic rings. The number of carbonyl (C=O) groups is 1. The highest BCUT2D eigenvalue weighted by atomic mass is 35.5. The van der Waals surface area contributed by atoms with Crippen molar-refractivity contribution in [2.45, 2.75) is 57.3 Å². The van der Waals surface area contributed by atoms with Gasteiger partial charge in [0.15, 0.2) is 0 Å². The molecule has 3 aliphatic heterocycles. The molecular formula is C22H27ClFN5O2. The second-order valence-corrected chi connectivity index (χ2v) is 8.94. The van der Waals surface area contributed by atoms with Gasteiger partial charge in [0, 0.05) is 25.7 Å². The number of nitrogens with one attached hydrogen (secondary N) is 1. The Morgan fingerprint density at radius 1 is 1.23 bits per heavy atom. The van der Waals surface area contributed by atoms with Crippen molar-refractivity contribution in [2.75, 3.05) is 29.9 Å². The number of hydrogen-bond acceptors (Lipinski definition) is 4. The summed E-state index contributed by atoms with van der Waals surface area (Å²) < 4.78 is 22.0. The molecule has 0 bridgehead atoms. The number of piperidine rings is 1. The highest BCUT2D eigenvalue weighted by Crippen LogP contribution is 2.38. The first-order chi connectivity index (χ1) is 15.0. The third-order valence-electron chi connectivity index (χ3n) is 6.61. The van der Waals surface area contributed by atoms with Crippen molar-refractivity contribution >= 4 is 29.0 Å². The fourth-order valence-electron chi connectivity index (χ4n) is 5.02. The number of nitrogens with zero attached hydrogens (tertiary/aromatic N) is 4. The minimum atomic E-state index is -0.310. The molecule has 2 atom stereocenters. The normalized spacial score (nSPS) is 24.8. The first-order valence-electron chi connectivity index (χ1n) is 11.0. The van der Waals surface area contributed by atoms with E-state index in [9.17, 15) is 9.18 Å². The predicted molar refractivity (Wildman–Crippen MR) is 117 cm³/mol. The Hall–Kier alpha value is -2.32. The van der Waals surface area contributed by atoms with Crippen LogP contribution in [0.4, 0.5) is 20.6 Å². The molecule has 2 amide bonds. The van der Waals surface area contributed by atoms with E-state index in [1.807, 2.05) is 27.6 Å². The summed E-state index contributed by atoms with van der Waals surface area (Å²) in [6.45, 7) is 4.04. The molecule has 0 radical (unpaired) electrons. The van der Waals surface area contributed by atoms with Crippen LogP contribution in [0.3, 0.4) is 0 Å². The number of hydrogen-bond donors (Lipinski definition) is 1. The Labute approximate surface area is 186 Å². The molecule has 0 spiro atoms. The summed E-state index contributed by atoms with van der Waals surface area (Å²) in [7, 11) is 0. The molecule has 3 aliphatic rings. The summed E-state index contributed by atoms with van der Waals surface area (Å²) in [5.74, 6) is -0.310. The summed E-state index contributed by atoms with van der Waals surface area (Å²) in [6.07, 6.45) is 6.44. The van der Waals surface area contributed by atoms with Crippen molar-refractivity contribution in [3.05, 3.63) is 40.9 Å². The summed E-state index contributed by atoms with van der Waals surface area (Å²) in [5, 5.41) is 8.21. The second-order valence-electron chi connectivity index (χ2n) is 8.53. The number of fused-ring (bicyclic) bond motifs is 1. The van der Waals surface area contributed by atoms with Crippen molar-refractivity contribution in [3.8, 4) is 0 Å². The van der Waals surface area contributed by atoms with Gasteiger partial charge in [-0.1, -0.05) is 17.7 Å². The van der Waals surface area contributed by atoms with E-state index in [1.54, 1.807) is 12.1 Å². The quantitative estimate of drug-likeness (QED) is 0.722. The van der Waals surface area contributed by atoms with E-state index in [0.717, 1.165) is 50.1 Å². The Morgan fingerprint density at radius 3 is 2.74 bits per heavy atom. The van der Waals surface area contributed by atoms with Crippen molar-refractivity contribution in [2.24, 2.45) is 0 Å². The lowest BCUT2D eigenvalue weighted by Gasteiger charge is -2.43. The smallest absolute Gasteiger partial charge is 0.322 e. The topological polar surface area (TPSA) is 62.6 Å². The molecule has 7 nitrogen and oxygen atoms in total. The van der Waals surface area contributed by atoms with Gasteiger partial charge in [0.25, 0.3) is 0 Å². The van der Waals surface area contributed by atoms with Crippen LogP contribution in [0.5, 0.6) is 0 Å². The fourth-order valence-corrected chi connectivity index (χ4v) is 5.30. The maximum absolute atomic E-state index is 14.3. The van der Waals surface area contributed by atoms with Gasteiger partial charge in [-0.05, 0) is 51.2 Å². The molecule has 1 aromatic carbocycles. The number of anilines is 2. The van der Waals surface area contributed by atoms with Crippen molar-refractivity contribution in [1.29, 1.82) is 0 Å². The van der Waals surface area contributed by atoms with E-state index < -0.39 is 0 Å². The molecule has 1 N–H and O–H groups in total. The molecule has 0 saturated carbocycles. The van der Waals surface area contributed by atoms with Gasteiger partial charge in [0.2, 0.25) is 0 Å². The molecule has 4 heterocycles. The largest absolute Gasteiger partial charge is 0.368 e. The summed E-state index contributed by atoms with van der Waals surface area (Å²) in [4.78, 5) is 16.8. The monoisotopic (exact) mass is 447 g/mol. The van der Waals surface area contributed by atoms with E-state index in [-0.39, 0.29) is 30.2 Å². The molecular weight excluding hydrogens is 421 g/mol. The van der Waals surface area contributed by atoms with Gasteiger partial charge in [-0.25, -0.2) is 13.9 Å². The van der Waals surface area contributed by atoms with Crippen LogP contribution < -0.4 is 10.2 Å². The van der Waals surface area contributed by atoms with E-state index >= 15 is 0 Å². The number of halogens is 2. The first kappa shape index (κ1) is 20.6. The van der Waals surface area contributed by atoms with Gasteiger partial charge in [-0.3, -0.25) is 0 Å². The molecule has 5 rings (SSSR count). The lowest BCUT2D eigenvalue weighted by atomic mass is 9.99. The van der Waals surface area contributed by atoms with Gasteiger partial charge in [0.05, 0.1) is 28.6 Å². The maximum Gasteiger partial charge on any atom is 0.322 e. The molecule has 2 saturated heterocycles. The second kappa shape index (κ2) is 8.31. The highest BCUT2D eigenvalue weighted by Gasteiger charge is 2.39. The zero-order chi connectivity index (χ0) is 21.5. The summed E-state index contributed by atoms with van der Waals surface area (Å²) in [6, 6.07) is 4.57. The van der Waals surface area contributed by atoms with E-state index in [0.29, 0.717) is 23.8 Å². The van der Waals surface area contributed by atoms with Crippen LogP contribution in [0.15, 0.2) is 24.4 Å². The molecule has 9 heteroatoms. The Morgan fingerprint density at radius 2 is 2.03 bits per heavy atom. The van der Waals surface area contributed by atoms with Crippen LogP contribution in [-0.2, 0) is 4.74 Å². The third-order valence-corrected chi connectivity index (χ3v) is 6.92. The number of rotatable bonds is 3. The van der Waals surface area contributed by atoms with Crippen molar-refractivity contribution in [3.63, 3.8) is 0 Å². The van der Waals surface area contributed by atoms with Crippen LogP contribution in [0, 0.1) is 5.82 Å². The zero-order valence-corrected chi connectivity index (χ0v) is 18.3. The van der Waals surface area contributed by atoms with Crippen LogP contribution >= 0.6 is 11.6 Å². The van der Waals surface area contributed by atoms with Crippen LogP contribution in [-0.4, -0.2) is 46.4 Å². The van der Waals surface area contributed by atoms with E-state index in [4.69, 9.17) is 21.4 Å². The first-order valence-corrected chi connectivity index (χ1v) is 11.4. The number of benzene rings is 1. The average Bonchev–Trinajstić information content (AvgIpc) is 3.20. The minimum absolute atomic E-state index is 0.0565. The van der Waals surface area contributed by atoms with E-state index in [1.165, 1.54) is 6.07 Å². The lowest BCUT2D eigenvalue weighted by Crippen LogP contribution is -2.51. The number of amides is 2.